The molecule has 3 nitrogen and oxygen atoms in total. The van der Waals surface area contributed by atoms with E-state index >= 15 is 0 Å². The fourth-order valence-corrected chi connectivity index (χ4v) is 1.43. The van der Waals surface area contributed by atoms with Gasteiger partial charge in [0.05, 0.1) is 12.2 Å². The van der Waals surface area contributed by atoms with Crippen LogP contribution in [0.3, 0.4) is 0 Å². The van der Waals surface area contributed by atoms with E-state index in [2.05, 4.69) is 26.8 Å². The number of hydrogen-bond donors (Lipinski definition) is 2. The van der Waals surface area contributed by atoms with Gasteiger partial charge in [-0.15, -0.1) is 0 Å². The molecule has 0 heterocycles. The lowest BCUT2D eigenvalue weighted by Gasteiger charge is -1.96. The van der Waals surface area contributed by atoms with Crippen LogP contribution in [0.1, 0.15) is 44.0 Å². The Labute approximate surface area is 121 Å². The Morgan fingerprint density at radius 2 is 1.70 bits per heavy atom. The second kappa shape index (κ2) is 11.0. The minimum Gasteiger partial charge on any atom is -0.478 e. The van der Waals surface area contributed by atoms with Crippen molar-refractivity contribution in [2.45, 2.75) is 33.6 Å². The molecular formula is C17H24O3. The summed E-state index contributed by atoms with van der Waals surface area (Å²) in [5, 5.41) is 16.9. The summed E-state index contributed by atoms with van der Waals surface area (Å²) in [5.74, 6) is -0.879. The number of aliphatic hydroxyl groups excluding tert-OH is 1. The number of aliphatic hydroxyl groups is 1. The quantitative estimate of drug-likeness (QED) is 0.797. The van der Waals surface area contributed by atoms with Crippen LogP contribution < -0.4 is 0 Å². The summed E-state index contributed by atoms with van der Waals surface area (Å²) >= 11 is 0. The summed E-state index contributed by atoms with van der Waals surface area (Å²) < 4.78 is 0. The molecule has 0 atom stereocenters. The Morgan fingerprint density at radius 1 is 1.10 bits per heavy atom. The van der Waals surface area contributed by atoms with Gasteiger partial charge in [0.1, 0.15) is 0 Å². The fourth-order valence-electron chi connectivity index (χ4n) is 1.43. The second-order valence-corrected chi connectivity index (χ2v) is 4.72. The van der Waals surface area contributed by atoms with E-state index < -0.39 is 5.97 Å². The van der Waals surface area contributed by atoms with Crippen molar-refractivity contribution in [2.75, 3.05) is 6.61 Å². The van der Waals surface area contributed by atoms with Gasteiger partial charge in [-0.1, -0.05) is 41.5 Å². The summed E-state index contributed by atoms with van der Waals surface area (Å²) in [5.41, 5.74) is 2.96. The first-order chi connectivity index (χ1) is 9.47. The smallest absolute Gasteiger partial charge is 0.335 e. The maximum Gasteiger partial charge on any atom is 0.335 e. The first-order valence-corrected chi connectivity index (χ1v) is 6.65. The number of rotatable bonds is 5. The largest absolute Gasteiger partial charge is 0.478 e. The molecule has 20 heavy (non-hydrogen) atoms. The maximum absolute atomic E-state index is 10.2. The van der Waals surface area contributed by atoms with Crippen molar-refractivity contribution in [2.24, 2.45) is 0 Å². The lowest BCUT2D eigenvalue weighted by Crippen LogP contribution is -1.93. The molecule has 0 saturated carbocycles. The molecule has 0 spiro atoms. The molecule has 0 fully saturated rings. The highest BCUT2D eigenvalue weighted by atomic mass is 16.4. The van der Waals surface area contributed by atoms with E-state index in [0.29, 0.717) is 5.56 Å². The minimum atomic E-state index is -0.879. The average Bonchev–Trinajstić information content (AvgIpc) is 2.40. The highest BCUT2D eigenvalue weighted by molar-refractivity contribution is 5.87. The Kier molecular flexibility index (Phi) is 9.97. The first kappa shape index (κ1) is 18.1. The van der Waals surface area contributed by atoms with Crippen LogP contribution in [0.2, 0.25) is 0 Å². The van der Waals surface area contributed by atoms with Crippen molar-refractivity contribution in [3.05, 3.63) is 59.2 Å². The van der Waals surface area contributed by atoms with E-state index in [0.717, 1.165) is 12.8 Å². The minimum absolute atomic E-state index is 0.167. The van der Waals surface area contributed by atoms with Crippen LogP contribution in [-0.2, 0) is 0 Å². The molecular weight excluding hydrogens is 252 g/mol. The third-order valence-electron chi connectivity index (χ3n) is 2.55. The van der Waals surface area contributed by atoms with E-state index in [1.54, 1.807) is 30.3 Å². The van der Waals surface area contributed by atoms with Gasteiger partial charge >= 0.3 is 5.97 Å². The van der Waals surface area contributed by atoms with Crippen LogP contribution >= 0.6 is 0 Å². The van der Waals surface area contributed by atoms with Crippen LogP contribution in [0.4, 0.5) is 0 Å². The van der Waals surface area contributed by atoms with E-state index in [1.165, 1.54) is 11.1 Å². The zero-order chi connectivity index (χ0) is 15.4. The van der Waals surface area contributed by atoms with Crippen LogP contribution in [0, 0.1) is 0 Å². The van der Waals surface area contributed by atoms with Gasteiger partial charge in [0.25, 0.3) is 0 Å². The van der Waals surface area contributed by atoms with E-state index in [-0.39, 0.29) is 6.61 Å². The molecule has 0 amide bonds. The van der Waals surface area contributed by atoms with Gasteiger partial charge < -0.3 is 10.2 Å². The summed E-state index contributed by atoms with van der Waals surface area (Å²) in [6, 6.07) is 8.30. The monoisotopic (exact) mass is 276 g/mol. The lowest BCUT2D eigenvalue weighted by atomic mass is 10.1. The van der Waals surface area contributed by atoms with Crippen molar-refractivity contribution in [3.63, 3.8) is 0 Å². The average molecular weight is 276 g/mol. The van der Waals surface area contributed by atoms with Gasteiger partial charge in [0.15, 0.2) is 0 Å². The topological polar surface area (TPSA) is 57.5 Å². The number of carboxylic acid groups (broad SMARTS) is 1. The normalized spacial score (nSPS) is 10.3. The van der Waals surface area contributed by atoms with Crippen LogP contribution in [0.15, 0.2) is 53.6 Å². The molecule has 0 bridgehead atoms. The molecule has 1 rings (SSSR count). The first-order valence-electron chi connectivity index (χ1n) is 6.65. The van der Waals surface area contributed by atoms with Gasteiger partial charge in [0, 0.05) is 0 Å². The van der Waals surface area contributed by atoms with E-state index in [4.69, 9.17) is 10.2 Å². The summed E-state index contributed by atoms with van der Waals surface area (Å²) in [6.45, 7) is 6.42. The van der Waals surface area contributed by atoms with Crippen molar-refractivity contribution >= 4 is 5.97 Å². The molecule has 0 saturated heterocycles. The number of hydrogen-bond acceptors (Lipinski definition) is 2. The number of carboxylic acids is 1. The van der Waals surface area contributed by atoms with Gasteiger partial charge in [-0.25, -0.2) is 4.79 Å². The molecule has 0 aliphatic heterocycles. The highest BCUT2D eigenvalue weighted by Gasteiger charge is 1.96. The SMILES string of the molecule is CC(C)=CCCC(C)=CCO.O=C(O)c1ccccc1. The molecule has 2 N–H and O–H groups in total. The fraction of sp³-hybridized carbons (Fsp3) is 0.353. The van der Waals surface area contributed by atoms with Crippen LogP contribution in [0.5, 0.6) is 0 Å². The molecule has 3 heteroatoms. The van der Waals surface area contributed by atoms with Crippen molar-refractivity contribution < 1.29 is 15.0 Å². The van der Waals surface area contributed by atoms with Crippen LogP contribution in [0.25, 0.3) is 0 Å². The molecule has 0 radical (unpaired) electrons. The van der Waals surface area contributed by atoms with Crippen molar-refractivity contribution in [3.8, 4) is 0 Å². The Balaban J connectivity index is 0.000000367. The Bertz CT molecular complexity index is 441. The zero-order valence-electron chi connectivity index (χ0n) is 12.5. The Morgan fingerprint density at radius 3 is 2.10 bits per heavy atom. The maximum atomic E-state index is 10.2. The molecule has 0 aliphatic rings. The third-order valence-corrected chi connectivity index (χ3v) is 2.55. The van der Waals surface area contributed by atoms with Gasteiger partial charge in [-0.05, 0) is 45.7 Å². The number of aromatic carboxylic acids is 1. The van der Waals surface area contributed by atoms with Gasteiger partial charge in [-0.3, -0.25) is 0 Å². The number of benzene rings is 1. The predicted octanol–water partition coefficient (Wildman–Crippen LogP) is 4.06. The third kappa shape index (κ3) is 10.1. The van der Waals surface area contributed by atoms with E-state index in [1.807, 2.05) is 6.08 Å². The van der Waals surface area contributed by atoms with Crippen molar-refractivity contribution in [1.29, 1.82) is 0 Å². The van der Waals surface area contributed by atoms with Crippen LogP contribution in [-0.4, -0.2) is 22.8 Å². The van der Waals surface area contributed by atoms with E-state index in [9.17, 15) is 4.79 Å². The Hall–Kier alpha value is -1.87. The zero-order valence-corrected chi connectivity index (χ0v) is 12.5. The summed E-state index contributed by atoms with van der Waals surface area (Å²) in [7, 11) is 0. The molecule has 1 aromatic carbocycles. The molecule has 110 valence electrons. The second-order valence-electron chi connectivity index (χ2n) is 4.72. The molecule has 0 aliphatic carbocycles. The highest BCUT2D eigenvalue weighted by Crippen LogP contribution is 2.05. The summed E-state index contributed by atoms with van der Waals surface area (Å²) in [6.07, 6.45) is 6.23. The molecule has 0 aromatic heterocycles. The summed E-state index contributed by atoms with van der Waals surface area (Å²) in [4.78, 5) is 10.2. The van der Waals surface area contributed by atoms with Gasteiger partial charge in [0.2, 0.25) is 0 Å². The number of allylic oxidation sites excluding steroid dienone is 3. The lowest BCUT2D eigenvalue weighted by molar-refractivity contribution is 0.0697. The standard InChI is InChI=1S/C10H18O.C7H6O2/c1-9(2)5-4-6-10(3)7-8-11;8-7(9)6-4-2-1-3-5-6/h5,7,11H,4,6,8H2,1-3H3;1-5H,(H,8,9). The molecule has 0 unspecified atom stereocenters. The predicted molar refractivity (Wildman–Crippen MR) is 82.9 cm³/mol. The molecule has 1 aromatic rings. The number of carbonyl (C=O) groups is 1. The van der Waals surface area contributed by atoms with Gasteiger partial charge in [-0.2, -0.15) is 0 Å². The van der Waals surface area contributed by atoms with Crippen molar-refractivity contribution in [1.82, 2.24) is 0 Å².